The molecule has 0 aliphatic heterocycles. The minimum atomic E-state index is -1.02. The van der Waals surface area contributed by atoms with Crippen LogP contribution in [0.5, 0.6) is 0 Å². The maximum atomic E-state index is 11.0. The molecule has 16 heavy (non-hydrogen) atoms. The summed E-state index contributed by atoms with van der Waals surface area (Å²) in [5.74, 6) is 0.194. The maximum absolute atomic E-state index is 11.0. The highest BCUT2D eigenvalue weighted by molar-refractivity contribution is 5.94. The number of aromatic carboxylic acids is 1. The van der Waals surface area contributed by atoms with E-state index in [4.69, 9.17) is 10.8 Å². The van der Waals surface area contributed by atoms with E-state index in [1.165, 1.54) is 0 Å². The van der Waals surface area contributed by atoms with E-state index in [2.05, 4.69) is 4.98 Å². The largest absolute Gasteiger partial charge is 0.476 e. The molecule has 2 aromatic heterocycles. The highest BCUT2D eigenvalue weighted by Crippen LogP contribution is 2.18. The van der Waals surface area contributed by atoms with Crippen LogP contribution in [0.2, 0.25) is 0 Å². The van der Waals surface area contributed by atoms with Crippen LogP contribution in [0, 0.1) is 0 Å². The summed E-state index contributed by atoms with van der Waals surface area (Å²) < 4.78 is 1.70. The SMILES string of the molecule is CCCc1nc(C(=O)O)c2cccc(N)n12. The average Bonchev–Trinajstić information content (AvgIpc) is 2.59. The van der Waals surface area contributed by atoms with Crippen molar-refractivity contribution in [2.45, 2.75) is 19.8 Å². The van der Waals surface area contributed by atoms with Crippen LogP contribution in [-0.2, 0) is 6.42 Å². The van der Waals surface area contributed by atoms with Crippen molar-refractivity contribution in [1.82, 2.24) is 9.38 Å². The summed E-state index contributed by atoms with van der Waals surface area (Å²) in [7, 11) is 0. The van der Waals surface area contributed by atoms with Crippen molar-refractivity contribution in [1.29, 1.82) is 0 Å². The minimum absolute atomic E-state index is 0.0655. The van der Waals surface area contributed by atoms with E-state index in [0.29, 0.717) is 23.6 Å². The van der Waals surface area contributed by atoms with Crippen LogP contribution < -0.4 is 5.73 Å². The maximum Gasteiger partial charge on any atom is 0.356 e. The second-order valence-electron chi connectivity index (χ2n) is 3.60. The van der Waals surface area contributed by atoms with Gasteiger partial charge in [-0.3, -0.25) is 4.40 Å². The van der Waals surface area contributed by atoms with Crippen molar-refractivity contribution in [3.63, 3.8) is 0 Å². The normalized spacial score (nSPS) is 10.8. The first-order valence-electron chi connectivity index (χ1n) is 5.14. The van der Waals surface area contributed by atoms with Crippen LogP contribution in [0.1, 0.15) is 29.7 Å². The number of nitrogens with two attached hydrogens (primary N) is 1. The van der Waals surface area contributed by atoms with Crippen LogP contribution in [0.4, 0.5) is 5.82 Å². The van der Waals surface area contributed by atoms with Crippen molar-refractivity contribution < 1.29 is 9.90 Å². The first-order valence-corrected chi connectivity index (χ1v) is 5.14. The lowest BCUT2D eigenvalue weighted by atomic mass is 10.3. The molecule has 0 aliphatic rings. The van der Waals surface area contributed by atoms with Gasteiger partial charge in [-0.15, -0.1) is 0 Å². The lowest BCUT2D eigenvalue weighted by molar-refractivity contribution is 0.0693. The smallest absolute Gasteiger partial charge is 0.356 e. The van der Waals surface area contributed by atoms with Gasteiger partial charge in [0.25, 0.3) is 0 Å². The monoisotopic (exact) mass is 219 g/mol. The Morgan fingerprint density at radius 3 is 2.94 bits per heavy atom. The molecule has 2 aromatic rings. The minimum Gasteiger partial charge on any atom is -0.476 e. The van der Waals surface area contributed by atoms with Gasteiger partial charge in [0.1, 0.15) is 11.6 Å². The van der Waals surface area contributed by atoms with Crippen LogP contribution in [-0.4, -0.2) is 20.5 Å². The van der Waals surface area contributed by atoms with Gasteiger partial charge in [-0.05, 0) is 18.6 Å². The van der Waals surface area contributed by atoms with Gasteiger partial charge in [-0.1, -0.05) is 13.0 Å². The van der Waals surface area contributed by atoms with Gasteiger partial charge in [0.2, 0.25) is 0 Å². The van der Waals surface area contributed by atoms with Gasteiger partial charge in [-0.2, -0.15) is 0 Å². The van der Waals surface area contributed by atoms with Crippen LogP contribution in [0.15, 0.2) is 18.2 Å². The molecule has 2 rings (SSSR count). The summed E-state index contributed by atoms with van der Waals surface area (Å²) in [5, 5.41) is 9.04. The van der Waals surface area contributed by atoms with E-state index >= 15 is 0 Å². The number of anilines is 1. The van der Waals surface area contributed by atoms with Gasteiger partial charge < -0.3 is 10.8 Å². The number of fused-ring (bicyclic) bond motifs is 1. The number of pyridine rings is 1. The fourth-order valence-electron chi connectivity index (χ4n) is 1.78. The molecule has 0 aliphatic carbocycles. The molecule has 0 aromatic carbocycles. The molecule has 0 spiro atoms. The fourth-order valence-corrected chi connectivity index (χ4v) is 1.78. The topological polar surface area (TPSA) is 80.6 Å². The molecule has 0 saturated heterocycles. The number of imidazole rings is 1. The van der Waals surface area contributed by atoms with Crippen molar-refractivity contribution in [2.75, 3.05) is 5.73 Å². The molecular weight excluding hydrogens is 206 g/mol. The zero-order chi connectivity index (χ0) is 11.7. The molecule has 0 amide bonds. The number of carboxylic acids is 1. The molecule has 2 heterocycles. The summed E-state index contributed by atoms with van der Waals surface area (Å²) in [5.41, 5.74) is 6.45. The first kappa shape index (κ1) is 10.5. The third kappa shape index (κ3) is 1.50. The predicted octanol–water partition coefficient (Wildman–Crippen LogP) is 1.57. The van der Waals surface area contributed by atoms with Crippen molar-refractivity contribution in [3.8, 4) is 0 Å². The van der Waals surface area contributed by atoms with Gasteiger partial charge in [0.05, 0.1) is 5.52 Å². The Balaban J connectivity index is 2.76. The van der Waals surface area contributed by atoms with E-state index in [1.54, 1.807) is 22.6 Å². The third-order valence-corrected chi connectivity index (χ3v) is 2.44. The van der Waals surface area contributed by atoms with E-state index < -0.39 is 5.97 Å². The van der Waals surface area contributed by atoms with Gasteiger partial charge in [0.15, 0.2) is 5.69 Å². The Hall–Kier alpha value is -2.04. The van der Waals surface area contributed by atoms with Crippen molar-refractivity contribution in [2.24, 2.45) is 0 Å². The highest BCUT2D eigenvalue weighted by atomic mass is 16.4. The van der Waals surface area contributed by atoms with Gasteiger partial charge in [0, 0.05) is 6.42 Å². The van der Waals surface area contributed by atoms with Gasteiger partial charge >= 0.3 is 5.97 Å². The Labute approximate surface area is 92.5 Å². The summed E-state index contributed by atoms with van der Waals surface area (Å²) in [6.07, 6.45) is 1.61. The molecule has 0 unspecified atom stereocenters. The number of hydrogen-bond donors (Lipinski definition) is 2. The molecule has 0 saturated carbocycles. The lowest BCUT2D eigenvalue weighted by Gasteiger charge is -2.02. The van der Waals surface area contributed by atoms with Crippen molar-refractivity contribution in [3.05, 3.63) is 29.7 Å². The summed E-state index contributed by atoms with van der Waals surface area (Å²) in [6.45, 7) is 2.01. The number of nitrogens with zero attached hydrogens (tertiary/aromatic N) is 2. The standard InChI is InChI=1S/C11H13N3O2/c1-2-4-9-13-10(11(15)16)7-5-3-6-8(12)14(7)9/h3,5-6H,2,4,12H2,1H3,(H,15,16). The molecule has 0 radical (unpaired) electrons. The number of hydrogen-bond acceptors (Lipinski definition) is 3. The zero-order valence-electron chi connectivity index (χ0n) is 8.97. The molecule has 5 nitrogen and oxygen atoms in total. The van der Waals surface area contributed by atoms with E-state index in [0.717, 1.165) is 6.42 Å². The second kappa shape index (κ2) is 3.84. The van der Waals surface area contributed by atoms with E-state index in [1.807, 2.05) is 6.92 Å². The Morgan fingerprint density at radius 1 is 1.56 bits per heavy atom. The second-order valence-corrected chi connectivity index (χ2v) is 3.60. The number of aromatic nitrogens is 2. The van der Waals surface area contributed by atoms with Crippen LogP contribution in [0.25, 0.3) is 5.52 Å². The molecule has 5 heteroatoms. The zero-order valence-corrected chi connectivity index (χ0v) is 8.97. The predicted molar refractivity (Wildman–Crippen MR) is 60.6 cm³/mol. The highest BCUT2D eigenvalue weighted by Gasteiger charge is 2.16. The van der Waals surface area contributed by atoms with E-state index in [-0.39, 0.29) is 5.69 Å². The number of rotatable bonds is 3. The molecule has 0 bridgehead atoms. The molecule has 84 valence electrons. The number of aryl methyl sites for hydroxylation is 1. The third-order valence-electron chi connectivity index (χ3n) is 2.44. The summed E-state index contributed by atoms with van der Waals surface area (Å²) >= 11 is 0. The summed E-state index contributed by atoms with van der Waals surface area (Å²) in [4.78, 5) is 15.1. The fraction of sp³-hybridized carbons (Fsp3) is 0.273. The number of nitrogen functional groups attached to an aromatic ring is 1. The molecule has 3 N–H and O–H groups in total. The van der Waals surface area contributed by atoms with Crippen LogP contribution in [0.3, 0.4) is 0 Å². The van der Waals surface area contributed by atoms with Crippen molar-refractivity contribution >= 4 is 17.3 Å². The van der Waals surface area contributed by atoms with Crippen LogP contribution >= 0.6 is 0 Å². The first-order chi connectivity index (χ1) is 7.65. The number of carbonyl (C=O) groups is 1. The average molecular weight is 219 g/mol. The Morgan fingerprint density at radius 2 is 2.31 bits per heavy atom. The number of carboxylic acid groups (broad SMARTS) is 1. The van der Waals surface area contributed by atoms with E-state index in [9.17, 15) is 4.79 Å². The Bertz CT molecular complexity index is 545. The molecule has 0 atom stereocenters. The lowest BCUT2D eigenvalue weighted by Crippen LogP contribution is -2.00. The Kier molecular flexibility index (Phi) is 2.52. The summed E-state index contributed by atoms with van der Waals surface area (Å²) in [6, 6.07) is 5.18. The van der Waals surface area contributed by atoms with Gasteiger partial charge in [-0.25, -0.2) is 9.78 Å². The molecular formula is C11H13N3O2. The quantitative estimate of drug-likeness (QED) is 0.821. The molecule has 0 fully saturated rings.